The normalized spacial score (nSPS) is 14.1. The first kappa shape index (κ1) is 52.0. The van der Waals surface area contributed by atoms with Crippen LogP contribution in [0, 0.1) is 11.8 Å². The predicted octanol–water partition coefficient (Wildman–Crippen LogP) is 15.9. The van der Waals surface area contributed by atoms with Gasteiger partial charge in [-0.25, -0.2) is 0 Å². The molecule has 2 nitrogen and oxygen atoms in total. The molecule has 0 heterocycles. The largest absolute Gasteiger partial charge is 0.369 e. The second-order valence-corrected chi connectivity index (χ2v) is 27.0. The van der Waals surface area contributed by atoms with Crippen molar-refractivity contribution < 1.29 is 9.84 Å². The van der Waals surface area contributed by atoms with E-state index in [1.165, 1.54) is 22.3 Å². The number of rotatable bonds is 5. The Morgan fingerprint density at radius 3 is 0.587 bits per heavy atom. The molecule has 4 aromatic carbocycles. The van der Waals surface area contributed by atoms with Crippen LogP contribution in [0.1, 0.15) is 233 Å². The molecule has 63 heavy (non-hydrogen) atoms. The molecular weight excluding hydrogens is 765 g/mol. The lowest BCUT2D eigenvalue weighted by molar-refractivity contribution is 0.0722. The number of methoxy groups -OCH3 is 1. The van der Waals surface area contributed by atoms with Crippen molar-refractivity contribution >= 4 is 0 Å². The summed E-state index contributed by atoms with van der Waals surface area (Å²) in [6.07, 6.45) is 0. The van der Waals surface area contributed by atoms with Crippen molar-refractivity contribution in [1.29, 1.82) is 0 Å². The van der Waals surface area contributed by atoms with E-state index in [1.807, 2.05) is 0 Å². The summed E-state index contributed by atoms with van der Waals surface area (Å²) in [6, 6.07) is 27.4. The van der Waals surface area contributed by atoms with E-state index >= 15 is 0 Å². The summed E-state index contributed by atoms with van der Waals surface area (Å²) in [5, 5.41) is 14.2. The number of benzene rings is 4. The third-order valence-corrected chi connectivity index (χ3v) is 13.0. The van der Waals surface area contributed by atoms with Gasteiger partial charge in [0, 0.05) is 29.4 Å². The van der Waals surface area contributed by atoms with Gasteiger partial charge in [-0.15, -0.1) is 0 Å². The standard InChI is InChI=1S/C61H88O2/c1-52(2,3)40-28-41(53(4,5)6)33-48(32-40)60(62,49-34-42(54(7,8)9)29-43(35-49)55(10,11)12)26-27-61(63-25,50-36-44(56(13,14)15)30-45(37-50)57(16,17)18)51-38-46(58(19,20)21)31-47(39-51)59(22,23)24/h28-39,62H,1-25H3. The summed E-state index contributed by atoms with van der Waals surface area (Å²) in [6.45, 7) is 54.3. The van der Waals surface area contributed by atoms with Crippen LogP contribution in [0.25, 0.3) is 0 Å². The van der Waals surface area contributed by atoms with Crippen molar-refractivity contribution in [2.45, 2.75) is 221 Å². The molecule has 0 atom stereocenters. The first-order chi connectivity index (χ1) is 28.0. The molecule has 4 aromatic rings. The second-order valence-electron chi connectivity index (χ2n) is 27.0. The van der Waals surface area contributed by atoms with Gasteiger partial charge in [-0.1, -0.05) is 251 Å². The van der Waals surface area contributed by atoms with E-state index in [0.717, 1.165) is 44.5 Å². The Kier molecular flexibility index (Phi) is 13.7. The third kappa shape index (κ3) is 11.6. The topological polar surface area (TPSA) is 29.5 Å². The van der Waals surface area contributed by atoms with Crippen molar-refractivity contribution in [3.05, 3.63) is 140 Å². The highest BCUT2D eigenvalue weighted by atomic mass is 16.5. The van der Waals surface area contributed by atoms with Crippen LogP contribution in [0.4, 0.5) is 0 Å². The molecule has 4 rings (SSSR count). The molecule has 0 fully saturated rings. The van der Waals surface area contributed by atoms with Crippen molar-refractivity contribution in [2.75, 3.05) is 7.11 Å². The Bertz CT molecular complexity index is 2070. The summed E-state index contributed by atoms with van der Waals surface area (Å²) in [7, 11) is 1.80. The molecule has 2 heteroatoms. The van der Waals surface area contributed by atoms with Crippen molar-refractivity contribution in [2.24, 2.45) is 0 Å². The van der Waals surface area contributed by atoms with E-state index in [9.17, 15) is 5.11 Å². The number of hydrogen-bond donors (Lipinski definition) is 1. The number of ether oxygens (including phenoxy) is 1. The fourth-order valence-electron chi connectivity index (χ4n) is 7.89. The lowest BCUT2D eigenvalue weighted by atomic mass is 9.72. The van der Waals surface area contributed by atoms with E-state index in [-0.39, 0.29) is 43.3 Å². The lowest BCUT2D eigenvalue weighted by Gasteiger charge is -2.36. The molecule has 0 spiro atoms. The third-order valence-electron chi connectivity index (χ3n) is 13.0. The summed E-state index contributed by atoms with van der Waals surface area (Å²) < 4.78 is 7.08. The summed E-state index contributed by atoms with van der Waals surface area (Å²) in [4.78, 5) is 0. The molecule has 0 aliphatic carbocycles. The zero-order chi connectivity index (χ0) is 48.5. The number of hydrogen-bond acceptors (Lipinski definition) is 2. The fraction of sp³-hybridized carbons (Fsp3) is 0.574. The average molecular weight is 853 g/mol. The molecule has 0 aliphatic heterocycles. The van der Waals surface area contributed by atoms with Gasteiger partial charge in [0.05, 0.1) is 0 Å². The molecule has 344 valence electrons. The van der Waals surface area contributed by atoms with Crippen molar-refractivity contribution in [1.82, 2.24) is 0 Å². The second kappa shape index (κ2) is 16.7. The maximum absolute atomic E-state index is 14.2. The minimum Gasteiger partial charge on any atom is -0.369 e. The van der Waals surface area contributed by atoms with Gasteiger partial charge >= 0.3 is 0 Å². The average Bonchev–Trinajstić information content (AvgIpc) is 3.11. The minimum absolute atomic E-state index is 0.152. The molecular formula is C61H88O2. The van der Waals surface area contributed by atoms with Crippen molar-refractivity contribution in [3.63, 3.8) is 0 Å². The highest BCUT2D eigenvalue weighted by molar-refractivity contribution is 5.57. The maximum Gasteiger partial charge on any atom is 0.179 e. The Labute approximate surface area is 387 Å². The van der Waals surface area contributed by atoms with E-state index in [0.29, 0.717) is 0 Å². The number of aliphatic hydroxyl groups is 1. The first-order valence-electron chi connectivity index (χ1n) is 23.5. The van der Waals surface area contributed by atoms with Gasteiger partial charge in [-0.2, -0.15) is 0 Å². The van der Waals surface area contributed by atoms with Gasteiger partial charge in [0.25, 0.3) is 0 Å². The Balaban J connectivity index is 2.43. The minimum atomic E-state index is -1.74. The Morgan fingerprint density at radius 1 is 0.270 bits per heavy atom. The van der Waals surface area contributed by atoms with E-state index < -0.39 is 11.2 Å². The Morgan fingerprint density at radius 2 is 0.429 bits per heavy atom. The molecule has 0 aliphatic rings. The van der Waals surface area contributed by atoms with E-state index in [1.54, 1.807) is 7.11 Å². The van der Waals surface area contributed by atoms with Gasteiger partial charge in [-0.05, 0) is 87.8 Å². The van der Waals surface area contributed by atoms with Crippen LogP contribution in [-0.4, -0.2) is 12.2 Å². The van der Waals surface area contributed by atoms with E-state index in [4.69, 9.17) is 4.74 Å². The van der Waals surface area contributed by atoms with Gasteiger partial charge in [0.2, 0.25) is 0 Å². The van der Waals surface area contributed by atoms with Crippen LogP contribution in [0.15, 0.2) is 72.8 Å². The molecule has 0 aromatic heterocycles. The molecule has 0 bridgehead atoms. The van der Waals surface area contributed by atoms with Crippen LogP contribution >= 0.6 is 0 Å². The molecule has 0 saturated carbocycles. The molecule has 0 saturated heterocycles. The van der Waals surface area contributed by atoms with Gasteiger partial charge in [-0.3, -0.25) is 0 Å². The van der Waals surface area contributed by atoms with Gasteiger partial charge in [0.1, 0.15) is 0 Å². The summed E-state index contributed by atoms with van der Waals surface area (Å²) in [5.74, 6) is 7.62. The molecule has 0 amide bonds. The maximum atomic E-state index is 14.2. The summed E-state index contributed by atoms with van der Waals surface area (Å²) in [5.41, 5.74) is 8.59. The SMILES string of the molecule is COC(C#CC(O)(c1cc(C(C)(C)C)cc(C(C)(C)C)c1)c1cc(C(C)(C)C)cc(C(C)(C)C)c1)(c1cc(C(C)(C)C)cc(C(C)(C)C)c1)c1cc(C(C)(C)C)cc(C(C)(C)C)c1. The van der Waals surface area contributed by atoms with Crippen LogP contribution < -0.4 is 0 Å². The van der Waals surface area contributed by atoms with Crippen LogP contribution in [0.5, 0.6) is 0 Å². The van der Waals surface area contributed by atoms with Crippen LogP contribution in [-0.2, 0) is 59.3 Å². The zero-order valence-corrected chi connectivity index (χ0v) is 44.8. The molecule has 1 N–H and O–H groups in total. The molecule has 0 unspecified atom stereocenters. The van der Waals surface area contributed by atoms with E-state index in [2.05, 4.69) is 251 Å². The van der Waals surface area contributed by atoms with Gasteiger partial charge in [0.15, 0.2) is 11.2 Å². The Hall–Kier alpha value is -3.64. The van der Waals surface area contributed by atoms with Crippen LogP contribution in [0.3, 0.4) is 0 Å². The van der Waals surface area contributed by atoms with Crippen molar-refractivity contribution in [3.8, 4) is 11.8 Å². The predicted molar refractivity (Wildman–Crippen MR) is 274 cm³/mol. The van der Waals surface area contributed by atoms with Gasteiger partial charge < -0.3 is 9.84 Å². The highest BCUT2D eigenvalue weighted by Crippen LogP contribution is 2.44. The molecule has 0 radical (unpaired) electrons. The first-order valence-corrected chi connectivity index (χ1v) is 23.5. The summed E-state index contributed by atoms with van der Waals surface area (Å²) >= 11 is 0. The lowest BCUT2D eigenvalue weighted by Crippen LogP contribution is -2.34. The monoisotopic (exact) mass is 853 g/mol. The quantitative estimate of drug-likeness (QED) is 0.203. The van der Waals surface area contributed by atoms with Crippen LogP contribution in [0.2, 0.25) is 0 Å². The smallest absolute Gasteiger partial charge is 0.179 e. The highest BCUT2D eigenvalue weighted by Gasteiger charge is 2.41. The zero-order valence-electron chi connectivity index (χ0n) is 44.8. The fourth-order valence-corrected chi connectivity index (χ4v) is 7.89.